The molecular formula is C10H14FIN2O. The normalized spacial score (nSPS) is 12.8. The van der Waals surface area contributed by atoms with Crippen molar-refractivity contribution in [1.29, 1.82) is 0 Å². The third-order valence-corrected chi connectivity index (χ3v) is 2.96. The maximum absolute atomic E-state index is 12.9. The van der Waals surface area contributed by atoms with Crippen molar-refractivity contribution in [3.8, 4) is 0 Å². The van der Waals surface area contributed by atoms with Crippen LogP contribution in [0.2, 0.25) is 0 Å². The van der Waals surface area contributed by atoms with E-state index >= 15 is 0 Å². The molecule has 0 radical (unpaired) electrons. The molecule has 0 aliphatic rings. The first-order valence-corrected chi connectivity index (χ1v) is 5.75. The Bertz CT molecular complexity index is 322. The molecule has 1 atom stereocenters. The molecule has 0 saturated carbocycles. The molecule has 3 nitrogen and oxygen atoms in total. The molecular weight excluding hydrogens is 310 g/mol. The summed E-state index contributed by atoms with van der Waals surface area (Å²) in [4.78, 5) is 0. The molecule has 0 spiro atoms. The minimum atomic E-state index is -0.240. The number of halogens is 2. The maximum atomic E-state index is 12.9. The van der Waals surface area contributed by atoms with Crippen LogP contribution < -0.4 is 11.3 Å². The summed E-state index contributed by atoms with van der Waals surface area (Å²) < 4.78 is 19.0. The molecule has 0 aliphatic carbocycles. The molecule has 5 heteroatoms. The van der Waals surface area contributed by atoms with E-state index < -0.39 is 0 Å². The summed E-state index contributed by atoms with van der Waals surface area (Å²) in [6.07, 6.45) is 0. The van der Waals surface area contributed by atoms with E-state index in [0.717, 1.165) is 9.13 Å². The topological polar surface area (TPSA) is 47.3 Å². The molecule has 0 heterocycles. The zero-order valence-corrected chi connectivity index (χ0v) is 10.6. The second-order valence-electron chi connectivity index (χ2n) is 3.04. The Labute approximate surface area is 102 Å². The molecule has 1 unspecified atom stereocenters. The highest BCUT2D eigenvalue weighted by Crippen LogP contribution is 2.20. The molecule has 15 heavy (non-hydrogen) atoms. The van der Waals surface area contributed by atoms with E-state index in [0.29, 0.717) is 13.2 Å². The summed E-state index contributed by atoms with van der Waals surface area (Å²) in [5.41, 5.74) is 3.61. The van der Waals surface area contributed by atoms with Gasteiger partial charge in [0.1, 0.15) is 5.82 Å². The number of nitrogens with one attached hydrogen (secondary N) is 1. The molecule has 0 saturated heterocycles. The van der Waals surface area contributed by atoms with Gasteiger partial charge in [-0.15, -0.1) is 0 Å². The standard InChI is InChI=1S/C10H14FIN2O/c1-2-15-6-10(14-13)8-4-3-7(11)5-9(8)12/h3-5,10,14H,2,6,13H2,1H3. The highest BCUT2D eigenvalue weighted by atomic mass is 127. The quantitative estimate of drug-likeness (QED) is 0.495. The van der Waals surface area contributed by atoms with E-state index in [1.807, 2.05) is 6.92 Å². The minimum absolute atomic E-state index is 0.0996. The molecule has 84 valence electrons. The fourth-order valence-corrected chi connectivity index (χ4v) is 2.10. The largest absolute Gasteiger partial charge is 0.380 e. The molecule has 0 fully saturated rings. The van der Waals surface area contributed by atoms with Crippen LogP contribution in [0.25, 0.3) is 0 Å². The van der Waals surface area contributed by atoms with Crippen LogP contribution in [-0.4, -0.2) is 13.2 Å². The van der Waals surface area contributed by atoms with Gasteiger partial charge in [-0.3, -0.25) is 11.3 Å². The van der Waals surface area contributed by atoms with Crippen molar-refractivity contribution in [3.63, 3.8) is 0 Å². The Morgan fingerprint density at radius 2 is 2.33 bits per heavy atom. The first kappa shape index (κ1) is 12.8. The summed E-state index contributed by atoms with van der Waals surface area (Å²) in [6, 6.07) is 4.53. The number of ether oxygens (including phenoxy) is 1. The van der Waals surface area contributed by atoms with Crippen molar-refractivity contribution in [3.05, 3.63) is 33.1 Å². The van der Waals surface area contributed by atoms with Gasteiger partial charge >= 0.3 is 0 Å². The van der Waals surface area contributed by atoms with Gasteiger partial charge in [0.25, 0.3) is 0 Å². The molecule has 0 bridgehead atoms. The lowest BCUT2D eigenvalue weighted by molar-refractivity contribution is 0.123. The van der Waals surface area contributed by atoms with Crippen LogP contribution in [0.15, 0.2) is 18.2 Å². The Balaban J connectivity index is 2.81. The van der Waals surface area contributed by atoms with Gasteiger partial charge in [-0.05, 0) is 47.2 Å². The average molecular weight is 324 g/mol. The van der Waals surface area contributed by atoms with Crippen LogP contribution in [0.3, 0.4) is 0 Å². The SMILES string of the molecule is CCOCC(NN)c1ccc(F)cc1I. The second-order valence-corrected chi connectivity index (χ2v) is 4.21. The van der Waals surface area contributed by atoms with Crippen molar-refractivity contribution in [2.45, 2.75) is 13.0 Å². The molecule has 1 aromatic carbocycles. The van der Waals surface area contributed by atoms with E-state index in [2.05, 4.69) is 28.0 Å². The highest BCUT2D eigenvalue weighted by molar-refractivity contribution is 14.1. The van der Waals surface area contributed by atoms with Crippen molar-refractivity contribution in [2.24, 2.45) is 5.84 Å². The highest BCUT2D eigenvalue weighted by Gasteiger charge is 2.13. The third-order valence-electron chi connectivity index (χ3n) is 2.03. The Hall–Kier alpha value is -0.240. The van der Waals surface area contributed by atoms with Crippen molar-refractivity contribution < 1.29 is 9.13 Å². The fraction of sp³-hybridized carbons (Fsp3) is 0.400. The van der Waals surface area contributed by atoms with E-state index in [1.54, 1.807) is 6.07 Å². The van der Waals surface area contributed by atoms with Gasteiger partial charge in [0.15, 0.2) is 0 Å². The molecule has 0 aromatic heterocycles. The van der Waals surface area contributed by atoms with Gasteiger partial charge in [0.05, 0.1) is 12.6 Å². The van der Waals surface area contributed by atoms with Crippen LogP contribution in [-0.2, 0) is 4.74 Å². The smallest absolute Gasteiger partial charge is 0.124 e. The Morgan fingerprint density at radius 3 is 2.87 bits per heavy atom. The predicted molar refractivity (Wildman–Crippen MR) is 65.7 cm³/mol. The second kappa shape index (κ2) is 6.37. The summed E-state index contributed by atoms with van der Waals surface area (Å²) in [5, 5.41) is 0. The van der Waals surface area contributed by atoms with Crippen LogP contribution in [0, 0.1) is 9.39 Å². The minimum Gasteiger partial charge on any atom is -0.380 e. The summed E-state index contributed by atoms with van der Waals surface area (Å²) in [5.74, 6) is 5.18. The number of rotatable bonds is 5. The monoisotopic (exact) mass is 324 g/mol. The zero-order valence-electron chi connectivity index (χ0n) is 8.47. The summed E-state index contributed by atoms with van der Waals surface area (Å²) in [7, 11) is 0. The van der Waals surface area contributed by atoms with Gasteiger partial charge in [-0.1, -0.05) is 6.07 Å². The molecule has 1 rings (SSSR count). The lowest BCUT2D eigenvalue weighted by Crippen LogP contribution is -2.32. The van der Waals surface area contributed by atoms with Crippen molar-refractivity contribution in [2.75, 3.05) is 13.2 Å². The number of hydrazine groups is 1. The van der Waals surface area contributed by atoms with Crippen LogP contribution >= 0.6 is 22.6 Å². The number of hydrogen-bond donors (Lipinski definition) is 2. The van der Waals surface area contributed by atoms with Gasteiger partial charge in [0.2, 0.25) is 0 Å². The van der Waals surface area contributed by atoms with Gasteiger partial charge in [-0.2, -0.15) is 0 Å². The first-order chi connectivity index (χ1) is 7.19. The number of benzene rings is 1. The first-order valence-electron chi connectivity index (χ1n) is 4.67. The lowest BCUT2D eigenvalue weighted by Gasteiger charge is -2.17. The fourth-order valence-electron chi connectivity index (χ4n) is 1.25. The van der Waals surface area contributed by atoms with Crippen LogP contribution in [0.4, 0.5) is 4.39 Å². The molecule has 1 aromatic rings. The van der Waals surface area contributed by atoms with Gasteiger partial charge < -0.3 is 4.74 Å². The summed E-state index contributed by atoms with van der Waals surface area (Å²) in [6.45, 7) is 3.04. The maximum Gasteiger partial charge on any atom is 0.124 e. The van der Waals surface area contributed by atoms with E-state index in [-0.39, 0.29) is 11.9 Å². The van der Waals surface area contributed by atoms with E-state index in [1.165, 1.54) is 12.1 Å². The lowest BCUT2D eigenvalue weighted by atomic mass is 10.1. The molecule has 0 amide bonds. The van der Waals surface area contributed by atoms with Crippen molar-refractivity contribution in [1.82, 2.24) is 5.43 Å². The average Bonchev–Trinajstić information content (AvgIpc) is 2.21. The molecule has 0 aliphatic heterocycles. The molecule has 3 N–H and O–H groups in total. The Kier molecular flexibility index (Phi) is 5.44. The van der Waals surface area contributed by atoms with E-state index in [4.69, 9.17) is 10.6 Å². The van der Waals surface area contributed by atoms with Gasteiger partial charge in [-0.25, -0.2) is 4.39 Å². The Morgan fingerprint density at radius 1 is 1.60 bits per heavy atom. The number of nitrogens with two attached hydrogens (primary N) is 1. The van der Waals surface area contributed by atoms with E-state index in [9.17, 15) is 4.39 Å². The third kappa shape index (κ3) is 3.67. The predicted octanol–water partition coefficient (Wildman–Crippen LogP) is 1.97. The van der Waals surface area contributed by atoms with Gasteiger partial charge in [0, 0.05) is 10.2 Å². The number of hydrogen-bond acceptors (Lipinski definition) is 3. The van der Waals surface area contributed by atoms with Crippen LogP contribution in [0.5, 0.6) is 0 Å². The van der Waals surface area contributed by atoms with Crippen molar-refractivity contribution >= 4 is 22.6 Å². The zero-order chi connectivity index (χ0) is 11.3. The van der Waals surface area contributed by atoms with Crippen LogP contribution in [0.1, 0.15) is 18.5 Å². The summed E-state index contributed by atoms with van der Waals surface area (Å²) >= 11 is 2.09.